The molecule has 8 nitrogen and oxygen atoms in total. The molecule has 1 aliphatic heterocycles. The van der Waals surface area contributed by atoms with Gasteiger partial charge in [0.1, 0.15) is 17.7 Å². The molecule has 10 heteroatoms. The Morgan fingerprint density at radius 3 is 2.80 bits per heavy atom. The molecular formula is C20H21F2N7O. The molecule has 0 saturated heterocycles. The largest absolute Gasteiger partial charge is 0.353 e. The number of carbonyl (C=O) groups excluding carboxylic acids is 1. The normalized spacial score (nSPS) is 22.7. The lowest BCUT2D eigenvalue weighted by atomic mass is 9.65. The Balaban J connectivity index is 1.37. The summed E-state index contributed by atoms with van der Waals surface area (Å²) in [6, 6.07) is 2.85. The van der Waals surface area contributed by atoms with Crippen LogP contribution >= 0.6 is 0 Å². The number of halogens is 2. The van der Waals surface area contributed by atoms with E-state index in [1.54, 1.807) is 12.4 Å². The number of rotatable bonds is 7. The van der Waals surface area contributed by atoms with Crippen LogP contribution in [0.1, 0.15) is 37.6 Å². The number of aromatic nitrogens is 4. The Bertz CT molecular complexity index is 1000. The van der Waals surface area contributed by atoms with E-state index in [0.29, 0.717) is 24.4 Å². The third-order valence-electron chi connectivity index (χ3n) is 5.29. The average molecular weight is 413 g/mol. The minimum Gasteiger partial charge on any atom is -0.353 e. The first-order valence-corrected chi connectivity index (χ1v) is 9.63. The Kier molecular flexibility index (Phi) is 5.47. The molecule has 0 unspecified atom stereocenters. The molecule has 30 heavy (non-hydrogen) atoms. The molecule has 1 fully saturated rings. The molecule has 0 spiro atoms. The number of nitrogens with one attached hydrogen (secondary N) is 2. The van der Waals surface area contributed by atoms with Gasteiger partial charge >= 0.3 is 0 Å². The average Bonchev–Trinajstić information content (AvgIpc) is 3.19. The lowest BCUT2D eigenvalue weighted by Crippen LogP contribution is -2.49. The van der Waals surface area contributed by atoms with Crippen LogP contribution in [0, 0.1) is 5.82 Å². The zero-order chi connectivity index (χ0) is 21.1. The fourth-order valence-corrected chi connectivity index (χ4v) is 3.70. The van der Waals surface area contributed by atoms with Crippen molar-refractivity contribution in [2.45, 2.75) is 37.8 Å². The zero-order valence-electron chi connectivity index (χ0n) is 16.4. The predicted molar refractivity (Wildman–Crippen MR) is 106 cm³/mol. The van der Waals surface area contributed by atoms with Crippen LogP contribution in [0.25, 0.3) is 0 Å². The summed E-state index contributed by atoms with van der Waals surface area (Å²) in [5.41, 5.74) is 1.74. The SMILES string of the molecule is CC(=O)NCC1=CN=C(c2cnc(NCC3(c4ncccc4F)CC(F)C3)nn2)C1. The number of hydrogen-bond acceptors (Lipinski definition) is 7. The van der Waals surface area contributed by atoms with Crippen LogP contribution in [0.15, 0.2) is 41.3 Å². The lowest BCUT2D eigenvalue weighted by molar-refractivity contribution is -0.118. The molecule has 1 amide bonds. The van der Waals surface area contributed by atoms with Crippen molar-refractivity contribution in [3.05, 3.63) is 53.5 Å². The van der Waals surface area contributed by atoms with Crippen molar-refractivity contribution in [2.24, 2.45) is 4.99 Å². The summed E-state index contributed by atoms with van der Waals surface area (Å²) in [7, 11) is 0. The first-order valence-electron chi connectivity index (χ1n) is 9.63. The molecule has 1 aliphatic carbocycles. The zero-order valence-corrected chi connectivity index (χ0v) is 16.4. The predicted octanol–water partition coefficient (Wildman–Crippen LogP) is 2.10. The quantitative estimate of drug-likeness (QED) is 0.720. The topological polar surface area (TPSA) is 105 Å². The Morgan fingerprint density at radius 2 is 2.13 bits per heavy atom. The second kappa shape index (κ2) is 8.21. The van der Waals surface area contributed by atoms with Crippen LogP contribution in [0.5, 0.6) is 0 Å². The number of hydrogen-bond donors (Lipinski definition) is 2. The van der Waals surface area contributed by atoms with Crippen molar-refractivity contribution in [2.75, 3.05) is 18.4 Å². The second-order valence-corrected chi connectivity index (χ2v) is 7.59. The van der Waals surface area contributed by atoms with Crippen molar-refractivity contribution in [1.82, 2.24) is 25.5 Å². The summed E-state index contributed by atoms with van der Waals surface area (Å²) in [5.74, 6) is -0.278. The third kappa shape index (κ3) is 4.17. The van der Waals surface area contributed by atoms with Crippen LogP contribution in [0.4, 0.5) is 14.7 Å². The molecule has 2 N–H and O–H groups in total. The molecule has 2 aromatic rings. The Hall–Kier alpha value is -3.30. The minimum atomic E-state index is -0.978. The summed E-state index contributed by atoms with van der Waals surface area (Å²) in [5, 5.41) is 14.0. The molecule has 1 saturated carbocycles. The summed E-state index contributed by atoms with van der Waals surface area (Å²) >= 11 is 0. The Morgan fingerprint density at radius 1 is 1.30 bits per heavy atom. The van der Waals surface area contributed by atoms with E-state index in [1.165, 1.54) is 25.3 Å². The van der Waals surface area contributed by atoms with Crippen molar-refractivity contribution in [3.8, 4) is 0 Å². The van der Waals surface area contributed by atoms with Gasteiger partial charge in [-0.15, -0.1) is 10.2 Å². The summed E-state index contributed by atoms with van der Waals surface area (Å²) < 4.78 is 27.9. The maximum Gasteiger partial charge on any atom is 0.242 e. The molecule has 0 aromatic carbocycles. The van der Waals surface area contributed by atoms with Gasteiger partial charge in [0.15, 0.2) is 0 Å². The van der Waals surface area contributed by atoms with Crippen LogP contribution in [0.2, 0.25) is 0 Å². The highest BCUT2D eigenvalue weighted by atomic mass is 19.1. The van der Waals surface area contributed by atoms with Crippen LogP contribution < -0.4 is 10.6 Å². The van der Waals surface area contributed by atoms with Gasteiger partial charge in [-0.05, 0) is 30.5 Å². The highest BCUT2D eigenvalue weighted by Gasteiger charge is 2.48. The number of amides is 1. The number of anilines is 1. The van der Waals surface area contributed by atoms with Crippen molar-refractivity contribution < 1.29 is 13.6 Å². The molecule has 0 radical (unpaired) electrons. The van der Waals surface area contributed by atoms with Crippen LogP contribution in [0.3, 0.4) is 0 Å². The van der Waals surface area contributed by atoms with E-state index in [0.717, 1.165) is 5.57 Å². The summed E-state index contributed by atoms with van der Waals surface area (Å²) in [6.07, 6.45) is 4.73. The van der Waals surface area contributed by atoms with Gasteiger partial charge in [-0.25, -0.2) is 13.8 Å². The second-order valence-electron chi connectivity index (χ2n) is 7.59. The monoisotopic (exact) mass is 413 g/mol. The van der Waals surface area contributed by atoms with Crippen LogP contribution in [-0.4, -0.2) is 51.0 Å². The van der Waals surface area contributed by atoms with E-state index in [-0.39, 0.29) is 36.9 Å². The van der Waals surface area contributed by atoms with Gasteiger partial charge < -0.3 is 10.6 Å². The van der Waals surface area contributed by atoms with Gasteiger partial charge in [-0.3, -0.25) is 14.8 Å². The van der Waals surface area contributed by atoms with Crippen molar-refractivity contribution in [1.29, 1.82) is 0 Å². The van der Waals surface area contributed by atoms with E-state index in [4.69, 9.17) is 0 Å². The molecule has 156 valence electrons. The first-order chi connectivity index (χ1) is 14.4. The molecule has 2 aromatic heterocycles. The Labute approximate surface area is 172 Å². The van der Waals surface area contributed by atoms with E-state index in [2.05, 4.69) is 35.8 Å². The molecule has 0 bridgehead atoms. The van der Waals surface area contributed by atoms with Gasteiger partial charge in [0.05, 0.1) is 17.6 Å². The van der Waals surface area contributed by atoms with Crippen molar-refractivity contribution >= 4 is 17.6 Å². The van der Waals surface area contributed by atoms with Gasteiger partial charge in [-0.1, -0.05) is 0 Å². The summed E-state index contributed by atoms with van der Waals surface area (Å²) in [6.45, 7) is 2.15. The van der Waals surface area contributed by atoms with Crippen LogP contribution in [-0.2, 0) is 10.2 Å². The standard InChI is InChI=1S/C20H21F2N7O/c1-12(30)24-8-13-5-16(25-9-13)17-10-26-19(29-28-17)27-11-20(6-14(21)7-20)18-15(22)3-2-4-23-18/h2-4,9-10,14H,5-8,11H2,1H3,(H,24,30)(H,26,27,29). The smallest absolute Gasteiger partial charge is 0.242 e. The molecular weight excluding hydrogens is 392 g/mol. The fourth-order valence-electron chi connectivity index (χ4n) is 3.70. The van der Waals surface area contributed by atoms with Gasteiger partial charge in [0.2, 0.25) is 11.9 Å². The third-order valence-corrected chi connectivity index (χ3v) is 5.29. The highest BCUT2D eigenvalue weighted by Crippen LogP contribution is 2.45. The van der Waals surface area contributed by atoms with E-state index in [1.807, 2.05) is 0 Å². The number of pyridine rings is 1. The molecule has 2 aliphatic rings. The number of alkyl halides is 1. The molecule has 3 heterocycles. The maximum atomic E-state index is 14.2. The van der Waals surface area contributed by atoms with Gasteiger partial charge in [0, 0.05) is 44.2 Å². The number of carbonyl (C=O) groups is 1. The fraction of sp³-hybridized carbons (Fsp3) is 0.400. The van der Waals surface area contributed by atoms with Gasteiger partial charge in [-0.2, -0.15) is 0 Å². The minimum absolute atomic E-state index is 0.102. The molecule has 4 rings (SSSR count). The first kappa shape index (κ1) is 20.0. The summed E-state index contributed by atoms with van der Waals surface area (Å²) in [4.78, 5) is 23.7. The van der Waals surface area contributed by atoms with E-state index in [9.17, 15) is 13.6 Å². The van der Waals surface area contributed by atoms with E-state index < -0.39 is 17.4 Å². The maximum absolute atomic E-state index is 14.2. The lowest BCUT2D eigenvalue weighted by Gasteiger charge is -2.43. The number of aliphatic imine (C=N–C) groups is 1. The van der Waals surface area contributed by atoms with Gasteiger partial charge in [0.25, 0.3) is 0 Å². The number of nitrogens with zero attached hydrogens (tertiary/aromatic N) is 5. The van der Waals surface area contributed by atoms with Crippen molar-refractivity contribution in [3.63, 3.8) is 0 Å². The highest BCUT2D eigenvalue weighted by molar-refractivity contribution is 6.02. The molecule has 0 atom stereocenters. The van der Waals surface area contributed by atoms with E-state index >= 15 is 0 Å².